The molecule has 0 aromatic rings. The van der Waals surface area contributed by atoms with Crippen molar-refractivity contribution in [2.45, 2.75) is 25.0 Å². The Hall–Kier alpha value is -1.34. The van der Waals surface area contributed by atoms with E-state index in [-0.39, 0.29) is 0 Å². The first-order valence-corrected chi connectivity index (χ1v) is 5.39. The lowest BCUT2D eigenvalue weighted by Crippen LogP contribution is -2.50. The fraction of sp³-hybridized carbons (Fsp3) is 0.800. The molecule has 1 rings (SSSR count). The van der Waals surface area contributed by atoms with Crippen LogP contribution in [-0.4, -0.2) is 55.6 Å². The van der Waals surface area contributed by atoms with Crippen LogP contribution in [0.25, 0.3) is 0 Å². The highest BCUT2D eigenvalue weighted by atomic mass is 16.5. The molecular weight excluding hydrogens is 228 g/mol. The fourth-order valence-electron chi connectivity index (χ4n) is 1.51. The predicted octanol–water partition coefficient (Wildman–Crippen LogP) is -0.436. The van der Waals surface area contributed by atoms with Gasteiger partial charge in [-0.15, -0.1) is 0 Å². The Morgan fingerprint density at radius 1 is 1.59 bits per heavy atom. The number of ether oxygens (including phenoxy) is 2. The molecule has 7 nitrogen and oxygen atoms in total. The van der Waals surface area contributed by atoms with E-state index in [1.54, 1.807) is 7.11 Å². The molecule has 1 unspecified atom stereocenters. The van der Waals surface area contributed by atoms with Gasteiger partial charge in [0.25, 0.3) is 0 Å². The first-order valence-electron chi connectivity index (χ1n) is 5.39. The van der Waals surface area contributed by atoms with Crippen LogP contribution in [0.4, 0.5) is 4.79 Å². The summed E-state index contributed by atoms with van der Waals surface area (Å²) in [5.41, 5.74) is -0.496. The molecule has 1 saturated heterocycles. The van der Waals surface area contributed by atoms with Crippen LogP contribution in [0.15, 0.2) is 0 Å². The SMILES string of the molecule is COC1(CNC(=O)N[C@@H](C)C(=O)O)CCOC1. The Bertz CT molecular complexity index is 288. The smallest absolute Gasteiger partial charge is 0.325 e. The summed E-state index contributed by atoms with van der Waals surface area (Å²) in [5.74, 6) is -1.08. The largest absolute Gasteiger partial charge is 0.480 e. The maximum absolute atomic E-state index is 11.4. The average Bonchev–Trinajstić information content (AvgIpc) is 2.75. The van der Waals surface area contributed by atoms with Crippen molar-refractivity contribution in [2.24, 2.45) is 0 Å². The number of carbonyl (C=O) groups excluding carboxylic acids is 1. The van der Waals surface area contributed by atoms with Gasteiger partial charge < -0.3 is 25.2 Å². The summed E-state index contributed by atoms with van der Waals surface area (Å²) in [4.78, 5) is 21.9. The first-order chi connectivity index (χ1) is 7.99. The fourth-order valence-corrected chi connectivity index (χ4v) is 1.51. The minimum absolute atomic E-state index is 0.293. The topological polar surface area (TPSA) is 96.9 Å². The quantitative estimate of drug-likeness (QED) is 0.611. The third-order valence-electron chi connectivity index (χ3n) is 2.79. The van der Waals surface area contributed by atoms with E-state index in [1.807, 2.05) is 0 Å². The van der Waals surface area contributed by atoms with Gasteiger partial charge in [0.05, 0.1) is 13.2 Å². The Morgan fingerprint density at radius 3 is 2.76 bits per heavy atom. The minimum atomic E-state index is -1.08. The lowest BCUT2D eigenvalue weighted by molar-refractivity contribution is -0.138. The van der Waals surface area contributed by atoms with Gasteiger partial charge in [0.1, 0.15) is 11.6 Å². The van der Waals surface area contributed by atoms with Crippen LogP contribution in [0, 0.1) is 0 Å². The third kappa shape index (κ3) is 3.86. The average molecular weight is 246 g/mol. The second-order valence-electron chi connectivity index (χ2n) is 4.08. The molecule has 7 heteroatoms. The lowest BCUT2D eigenvalue weighted by Gasteiger charge is -2.26. The molecule has 0 aromatic heterocycles. The van der Waals surface area contributed by atoms with E-state index in [4.69, 9.17) is 14.6 Å². The van der Waals surface area contributed by atoms with Gasteiger partial charge in [-0.2, -0.15) is 0 Å². The van der Waals surface area contributed by atoms with Crippen LogP contribution < -0.4 is 10.6 Å². The van der Waals surface area contributed by atoms with Crippen LogP contribution in [0.5, 0.6) is 0 Å². The van der Waals surface area contributed by atoms with Gasteiger partial charge >= 0.3 is 12.0 Å². The van der Waals surface area contributed by atoms with Gasteiger partial charge in [-0.3, -0.25) is 4.79 Å². The van der Waals surface area contributed by atoms with Crippen molar-refractivity contribution in [3.8, 4) is 0 Å². The third-order valence-corrected chi connectivity index (χ3v) is 2.79. The highest BCUT2D eigenvalue weighted by molar-refractivity contribution is 5.82. The standard InChI is InChI=1S/C10H18N2O5/c1-7(8(13)14)12-9(15)11-5-10(16-2)3-4-17-6-10/h7H,3-6H2,1-2H3,(H,13,14)(H2,11,12,15)/t7-,10?/m0/s1. The summed E-state index contributed by atoms with van der Waals surface area (Å²) in [6.45, 7) is 2.72. The maximum atomic E-state index is 11.4. The summed E-state index contributed by atoms with van der Waals surface area (Å²) < 4.78 is 10.5. The molecule has 98 valence electrons. The van der Waals surface area contributed by atoms with E-state index in [0.29, 0.717) is 26.2 Å². The summed E-state index contributed by atoms with van der Waals surface area (Å²) in [7, 11) is 1.56. The monoisotopic (exact) mass is 246 g/mol. The van der Waals surface area contributed by atoms with Crippen LogP contribution in [0.3, 0.4) is 0 Å². The van der Waals surface area contributed by atoms with E-state index < -0.39 is 23.6 Å². The molecule has 0 saturated carbocycles. The Balaban J connectivity index is 2.34. The van der Waals surface area contributed by atoms with E-state index >= 15 is 0 Å². The van der Waals surface area contributed by atoms with Crippen molar-refractivity contribution in [2.75, 3.05) is 26.9 Å². The van der Waals surface area contributed by atoms with E-state index in [0.717, 1.165) is 0 Å². The van der Waals surface area contributed by atoms with Crippen molar-refractivity contribution in [1.82, 2.24) is 10.6 Å². The number of aliphatic carboxylic acids is 1. The zero-order chi connectivity index (χ0) is 12.9. The zero-order valence-electron chi connectivity index (χ0n) is 9.99. The number of hydrogen-bond acceptors (Lipinski definition) is 4. The number of amides is 2. The number of hydrogen-bond donors (Lipinski definition) is 3. The van der Waals surface area contributed by atoms with Crippen molar-refractivity contribution >= 4 is 12.0 Å². The predicted molar refractivity (Wildman–Crippen MR) is 58.8 cm³/mol. The molecule has 1 aliphatic rings. The molecule has 17 heavy (non-hydrogen) atoms. The molecule has 1 fully saturated rings. The number of nitrogens with one attached hydrogen (secondary N) is 2. The first kappa shape index (κ1) is 13.7. The van der Waals surface area contributed by atoms with Crippen molar-refractivity contribution < 1.29 is 24.2 Å². The summed E-state index contributed by atoms with van der Waals surface area (Å²) in [5, 5.41) is 13.5. The molecule has 1 aliphatic heterocycles. The highest BCUT2D eigenvalue weighted by Gasteiger charge is 2.35. The molecule has 0 bridgehead atoms. The molecule has 0 spiro atoms. The van der Waals surface area contributed by atoms with Crippen molar-refractivity contribution in [3.63, 3.8) is 0 Å². The second kappa shape index (κ2) is 5.83. The molecule has 1 heterocycles. The van der Waals surface area contributed by atoms with E-state index in [2.05, 4.69) is 10.6 Å². The van der Waals surface area contributed by atoms with Gasteiger partial charge in [0.15, 0.2) is 0 Å². The number of carboxylic acids is 1. The summed E-state index contributed by atoms with van der Waals surface area (Å²) >= 11 is 0. The van der Waals surface area contributed by atoms with Crippen LogP contribution >= 0.6 is 0 Å². The molecule has 0 radical (unpaired) electrons. The number of methoxy groups -OCH3 is 1. The second-order valence-corrected chi connectivity index (χ2v) is 4.08. The van der Waals surface area contributed by atoms with E-state index in [9.17, 15) is 9.59 Å². The van der Waals surface area contributed by atoms with Crippen molar-refractivity contribution in [3.05, 3.63) is 0 Å². The number of urea groups is 1. The maximum Gasteiger partial charge on any atom is 0.325 e. The molecule has 2 atom stereocenters. The summed E-state index contributed by atoms with van der Waals surface area (Å²) in [6.07, 6.45) is 0.707. The lowest BCUT2D eigenvalue weighted by atomic mass is 10.0. The van der Waals surface area contributed by atoms with E-state index in [1.165, 1.54) is 6.92 Å². The Labute approximate surface area is 99.5 Å². The minimum Gasteiger partial charge on any atom is -0.480 e. The summed E-state index contributed by atoms with van der Waals surface area (Å²) in [6, 6.07) is -1.45. The van der Waals surface area contributed by atoms with Crippen LogP contribution in [0.1, 0.15) is 13.3 Å². The molecule has 3 N–H and O–H groups in total. The van der Waals surface area contributed by atoms with Gasteiger partial charge in [-0.05, 0) is 6.92 Å². The molecule has 2 amide bonds. The normalized spacial score (nSPS) is 25.3. The van der Waals surface area contributed by atoms with Crippen LogP contribution in [0.2, 0.25) is 0 Å². The Kier molecular flexibility index (Phi) is 4.71. The van der Waals surface area contributed by atoms with Crippen LogP contribution in [-0.2, 0) is 14.3 Å². The molecular formula is C10H18N2O5. The Morgan fingerprint density at radius 2 is 2.29 bits per heavy atom. The van der Waals surface area contributed by atoms with Gasteiger partial charge in [-0.1, -0.05) is 0 Å². The van der Waals surface area contributed by atoms with Gasteiger partial charge in [0.2, 0.25) is 0 Å². The molecule has 0 aliphatic carbocycles. The zero-order valence-corrected chi connectivity index (χ0v) is 9.99. The number of carbonyl (C=O) groups is 2. The van der Waals surface area contributed by atoms with Gasteiger partial charge in [0, 0.05) is 20.1 Å². The van der Waals surface area contributed by atoms with Gasteiger partial charge in [-0.25, -0.2) is 4.79 Å². The molecule has 0 aromatic carbocycles. The van der Waals surface area contributed by atoms with Crippen molar-refractivity contribution in [1.29, 1.82) is 0 Å². The highest BCUT2D eigenvalue weighted by Crippen LogP contribution is 2.21. The number of rotatable bonds is 5. The number of carboxylic acid groups (broad SMARTS) is 1.